The van der Waals surface area contributed by atoms with Gasteiger partial charge in [0, 0.05) is 12.1 Å². The number of phenolic OH excluding ortho intramolecular Hbond substituents is 2. The highest BCUT2D eigenvalue weighted by molar-refractivity contribution is 5.90. The number of hydrogen-bond acceptors (Lipinski definition) is 6. The van der Waals surface area contributed by atoms with Crippen molar-refractivity contribution < 1.29 is 29.3 Å². The van der Waals surface area contributed by atoms with E-state index in [-0.39, 0.29) is 23.2 Å². The van der Waals surface area contributed by atoms with Gasteiger partial charge in [0.15, 0.2) is 0 Å². The van der Waals surface area contributed by atoms with Crippen LogP contribution in [0.15, 0.2) is 12.1 Å². The summed E-state index contributed by atoms with van der Waals surface area (Å²) in [5.41, 5.74) is 0.381. The fourth-order valence-electron chi connectivity index (χ4n) is 1.84. The molecule has 0 saturated heterocycles. The smallest absolute Gasteiger partial charge is 0.407 e. The van der Waals surface area contributed by atoms with Crippen LogP contribution in [0.25, 0.3) is 0 Å². The molecule has 0 radical (unpaired) electrons. The molecular weight excluding hydrogens is 290 g/mol. The molecule has 0 bridgehead atoms. The first-order valence-electron chi connectivity index (χ1n) is 6.92. The molecule has 0 spiro atoms. The number of phenols is 2. The fourth-order valence-corrected chi connectivity index (χ4v) is 1.84. The van der Waals surface area contributed by atoms with E-state index >= 15 is 0 Å². The van der Waals surface area contributed by atoms with E-state index in [1.54, 1.807) is 13.8 Å². The first-order valence-corrected chi connectivity index (χ1v) is 6.92. The van der Waals surface area contributed by atoms with E-state index in [9.17, 15) is 19.8 Å². The minimum atomic E-state index is -0.643. The molecule has 1 aromatic rings. The van der Waals surface area contributed by atoms with Crippen LogP contribution >= 0.6 is 0 Å². The van der Waals surface area contributed by atoms with Gasteiger partial charge in [0.1, 0.15) is 11.5 Å². The van der Waals surface area contributed by atoms with Crippen molar-refractivity contribution in [1.29, 1.82) is 0 Å². The summed E-state index contributed by atoms with van der Waals surface area (Å²) < 4.78 is 9.42. The Morgan fingerprint density at radius 2 is 1.82 bits per heavy atom. The van der Waals surface area contributed by atoms with E-state index in [0.29, 0.717) is 24.9 Å². The summed E-state index contributed by atoms with van der Waals surface area (Å²) in [6, 6.07) is 2.47. The normalized spacial score (nSPS) is 10.4. The Labute approximate surface area is 128 Å². The van der Waals surface area contributed by atoms with Crippen molar-refractivity contribution in [3.8, 4) is 11.5 Å². The van der Waals surface area contributed by atoms with Gasteiger partial charge < -0.3 is 25.0 Å². The topological polar surface area (TPSA) is 105 Å². The monoisotopic (exact) mass is 311 g/mol. The molecule has 0 fully saturated rings. The lowest BCUT2D eigenvalue weighted by Gasteiger charge is -2.11. The maximum Gasteiger partial charge on any atom is 0.407 e. The van der Waals surface area contributed by atoms with Crippen molar-refractivity contribution in [3.63, 3.8) is 0 Å². The van der Waals surface area contributed by atoms with E-state index in [1.165, 1.54) is 19.2 Å². The zero-order chi connectivity index (χ0) is 16.7. The molecule has 22 heavy (non-hydrogen) atoms. The summed E-state index contributed by atoms with van der Waals surface area (Å²) in [6.45, 7) is 3.83. The molecule has 3 N–H and O–H groups in total. The van der Waals surface area contributed by atoms with Crippen molar-refractivity contribution in [3.05, 3.63) is 23.3 Å². The number of methoxy groups -OCH3 is 1. The van der Waals surface area contributed by atoms with E-state index in [4.69, 9.17) is 4.74 Å². The number of amides is 1. The number of benzene rings is 1. The molecule has 0 atom stereocenters. The predicted molar refractivity (Wildman–Crippen MR) is 79.1 cm³/mol. The standard InChI is InChI=1S/C15H21NO6/c1-9(2)22-15(20)16-6-4-5-11-12(17)7-10(8-13(11)18)14(19)21-3/h7-9,17-18H,4-6H2,1-3H3,(H,16,20). The van der Waals surface area contributed by atoms with Gasteiger partial charge in [-0.2, -0.15) is 0 Å². The van der Waals surface area contributed by atoms with Crippen LogP contribution in [-0.2, 0) is 15.9 Å². The minimum absolute atomic E-state index is 0.0693. The first-order chi connectivity index (χ1) is 10.3. The molecule has 7 heteroatoms. The summed E-state index contributed by atoms with van der Waals surface area (Å²) in [4.78, 5) is 22.6. The Balaban J connectivity index is 2.56. The molecule has 7 nitrogen and oxygen atoms in total. The summed E-state index contributed by atoms with van der Waals surface area (Å²) in [5.74, 6) is -1.02. The van der Waals surface area contributed by atoms with Crippen LogP contribution < -0.4 is 5.32 Å². The number of carbonyl (C=O) groups excluding carboxylic acids is 2. The summed E-state index contributed by atoms with van der Waals surface area (Å²) in [7, 11) is 1.21. The van der Waals surface area contributed by atoms with E-state index in [0.717, 1.165) is 0 Å². The largest absolute Gasteiger partial charge is 0.508 e. The molecule has 0 heterocycles. The third kappa shape index (κ3) is 5.16. The molecule has 0 aromatic heterocycles. The van der Waals surface area contributed by atoms with Gasteiger partial charge in [0.25, 0.3) is 0 Å². The first kappa shape index (κ1) is 17.6. The SMILES string of the molecule is COC(=O)c1cc(O)c(CCCNC(=O)OC(C)C)c(O)c1. The summed E-state index contributed by atoms with van der Waals surface area (Å²) >= 11 is 0. The number of hydrogen-bond donors (Lipinski definition) is 3. The van der Waals surface area contributed by atoms with Crippen LogP contribution in [0.2, 0.25) is 0 Å². The highest BCUT2D eigenvalue weighted by Crippen LogP contribution is 2.30. The van der Waals surface area contributed by atoms with Crippen LogP contribution in [0.5, 0.6) is 11.5 Å². The van der Waals surface area contributed by atoms with E-state index in [2.05, 4.69) is 10.1 Å². The van der Waals surface area contributed by atoms with Crippen LogP contribution in [-0.4, -0.2) is 42.0 Å². The van der Waals surface area contributed by atoms with Crippen LogP contribution in [0.1, 0.15) is 36.2 Å². The lowest BCUT2D eigenvalue weighted by Crippen LogP contribution is -2.27. The average Bonchev–Trinajstić information content (AvgIpc) is 2.43. The van der Waals surface area contributed by atoms with Crippen molar-refractivity contribution in [2.45, 2.75) is 32.8 Å². The third-order valence-electron chi connectivity index (χ3n) is 2.84. The number of rotatable bonds is 6. The lowest BCUT2D eigenvalue weighted by molar-refractivity contribution is 0.0599. The Kier molecular flexibility index (Phi) is 6.49. The molecule has 0 saturated carbocycles. The Morgan fingerprint density at radius 1 is 1.23 bits per heavy atom. The average molecular weight is 311 g/mol. The third-order valence-corrected chi connectivity index (χ3v) is 2.84. The van der Waals surface area contributed by atoms with Gasteiger partial charge in [-0.05, 0) is 38.8 Å². The Bertz CT molecular complexity index is 518. The predicted octanol–water partition coefficient (Wildman–Crippen LogP) is 1.95. The number of carbonyl (C=O) groups is 2. The van der Waals surface area contributed by atoms with Crippen LogP contribution in [0.4, 0.5) is 4.79 Å². The molecule has 1 rings (SSSR count). The molecule has 1 amide bonds. The quantitative estimate of drug-likeness (QED) is 0.548. The van der Waals surface area contributed by atoms with Crippen molar-refractivity contribution in [2.75, 3.05) is 13.7 Å². The lowest BCUT2D eigenvalue weighted by atomic mass is 10.0. The number of esters is 1. The highest BCUT2D eigenvalue weighted by atomic mass is 16.6. The number of alkyl carbamates (subject to hydrolysis) is 1. The van der Waals surface area contributed by atoms with Gasteiger partial charge in [-0.15, -0.1) is 0 Å². The van der Waals surface area contributed by atoms with Crippen molar-refractivity contribution in [1.82, 2.24) is 5.32 Å². The van der Waals surface area contributed by atoms with Gasteiger partial charge >= 0.3 is 12.1 Å². The molecule has 1 aromatic carbocycles. The zero-order valence-corrected chi connectivity index (χ0v) is 12.9. The fraction of sp³-hybridized carbons (Fsp3) is 0.467. The number of nitrogens with one attached hydrogen (secondary N) is 1. The maximum absolute atomic E-state index is 11.3. The Morgan fingerprint density at radius 3 is 2.32 bits per heavy atom. The molecule has 0 unspecified atom stereocenters. The van der Waals surface area contributed by atoms with Gasteiger partial charge in [-0.3, -0.25) is 0 Å². The van der Waals surface area contributed by atoms with Crippen LogP contribution in [0.3, 0.4) is 0 Å². The second-order valence-electron chi connectivity index (χ2n) is 4.97. The Hall–Kier alpha value is -2.44. The molecule has 122 valence electrons. The van der Waals surface area contributed by atoms with Crippen molar-refractivity contribution >= 4 is 12.1 Å². The molecule has 0 aliphatic rings. The van der Waals surface area contributed by atoms with Crippen LogP contribution in [0, 0.1) is 0 Å². The summed E-state index contributed by atoms with van der Waals surface area (Å²) in [5, 5.41) is 22.3. The van der Waals surface area contributed by atoms with E-state index in [1.807, 2.05) is 0 Å². The summed E-state index contributed by atoms with van der Waals surface area (Å²) in [6.07, 6.45) is 0.121. The number of ether oxygens (including phenoxy) is 2. The van der Waals surface area contributed by atoms with Gasteiger partial charge in [0.05, 0.1) is 18.8 Å². The van der Waals surface area contributed by atoms with Gasteiger partial charge in [0.2, 0.25) is 0 Å². The van der Waals surface area contributed by atoms with E-state index < -0.39 is 12.1 Å². The second-order valence-corrected chi connectivity index (χ2v) is 4.97. The van der Waals surface area contributed by atoms with Gasteiger partial charge in [-0.25, -0.2) is 9.59 Å². The highest BCUT2D eigenvalue weighted by Gasteiger charge is 2.14. The maximum atomic E-state index is 11.3. The number of aromatic hydroxyl groups is 2. The second kappa shape index (κ2) is 8.11. The minimum Gasteiger partial charge on any atom is -0.508 e. The van der Waals surface area contributed by atoms with Crippen molar-refractivity contribution in [2.24, 2.45) is 0 Å². The molecule has 0 aliphatic heterocycles. The molecular formula is C15H21NO6. The van der Waals surface area contributed by atoms with Gasteiger partial charge in [-0.1, -0.05) is 0 Å². The molecule has 0 aliphatic carbocycles. The zero-order valence-electron chi connectivity index (χ0n) is 12.9.